The van der Waals surface area contributed by atoms with Crippen molar-refractivity contribution < 1.29 is 14.8 Å². The lowest BCUT2D eigenvalue weighted by Gasteiger charge is -2.31. The number of ether oxygens (including phenoxy) is 1. The molecule has 0 heterocycles. The van der Waals surface area contributed by atoms with E-state index in [-0.39, 0.29) is 0 Å². The van der Waals surface area contributed by atoms with Crippen molar-refractivity contribution in [1.82, 2.24) is 4.90 Å². The highest BCUT2D eigenvalue weighted by Gasteiger charge is 2.20. The molecule has 20 heavy (non-hydrogen) atoms. The highest BCUT2D eigenvalue weighted by atomic mass is 16.5. The van der Waals surface area contributed by atoms with Crippen LogP contribution in [0.15, 0.2) is 18.2 Å². The molecule has 4 nitrogen and oxygen atoms in total. The molecule has 0 amide bonds. The monoisotopic (exact) mass is 277 g/mol. The van der Waals surface area contributed by atoms with E-state index in [4.69, 9.17) is 4.74 Å². The summed E-state index contributed by atoms with van der Waals surface area (Å²) in [7, 11) is 2.19. The fraction of sp³-hybridized carbons (Fsp3) is 0.600. The van der Waals surface area contributed by atoms with Crippen molar-refractivity contribution in [1.29, 1.82) is 0 Å². The Labute approximate surface area is 121 Å². The molecule has 1 aromatic rings. The first kappa shape index (κ1) is 15.4. The molecule has 5 heteroatoms. The Balaban J connectivity index is 2.06. The van der Waals surface area contributed by atoms with Crippen LogP contribution >= 0.6 is 0 Å². The molecular formula is C15H24BNO3. The van der Waals surface area contributed by atoms with E-state index in [9.17, 15) is 10.0 Å². The molecule has 110 valence electrons. The molecule has 0 aromatic heterocycles. The van der Waals surface area contributed by atoms with Crippen LogP contribution in [0, 0.1) is 0 Å². The molecule has 0 radical (unpaired) electrons. The van der Waals surface area contributed by atoms with Crippen LogP contribution in [0.25, 0.3) is 0 Å². The summed E-state index contributed by atoms with van der Waals surface area (Å²) in [4.78, 5) is 2.37. The molecule has 0 bridgehead atoms. The Morgan fingerprint density at radius 3 is 2.55 bits per heavy atom. The van der Waals surface area contributed by atoms with Crippen LogP contribution in [0.4, 0.5) is 0 Å². The lowest BCUT2D eigenvalue weighted by atomic mass is 9.78. The second-order valence-corrected chi connectivity index (χ2v) is 5.66. The van der Waals surface area contributed by atoms with Crippen LogP contribution < -0.4 is 10.2 Å². The summed E-state index contributed by atoms with van der Waals surface area (Å²) in [5.74, 6) is 0.518. The van der Waals surface area contributed by atoms with Gasteiger partial charge < -0.3 is 14.8 Å². The number of nitrogens with zero attached hydrogens (tertiary/aromatic N) is 1. The topological polar surface area (TPSA) is 52.9 Å². The van der Waals surface area contributed by atoms with Gasteiger partial charge in [-0.15, -0.1) is 0 Å². The zero-order chi connectivity index (χ0) is 14.5. The van der Waals surface area contributed by atoms with E-state index in [0.29, 0.717) is 17.3 Å². The molecule has 1 saturated carbocycles. The second-order valence-electron chi connectivity index (χ2n) is 5.66. The van der Waals surface area contributed by atoms with E-state index in [1.54, 1.807) is 6.07 Å². The van der Waals surface area contributed by atoms with Crippen LogP contribution in [0.2, 0.25) is 0 Å². The summed E-state index contributed by atoms with van der Waals surface area (Å²) in [6.45, 7) is 0.828. The van der Waals surface area contributed by atoms with Gasteiger partial charge in [-0.3, -0.25) is 4.90 Å². The molecule has 0 atom stereocenters. The predicted octanol–water partition coefficient (Wildman–Crippen LogP) is 1.14. The summed E-state index contributed by atoms with van der Waals surface area (Å²) in [5.41, 5.74) is 1.52. The van der Waals surface area contributed by atoms with Gasteiger partial charge >= 0.3 is 7.12 Å². The molecule has 0 spiro atoms. The van der Waals surface area contributed by atoms with Gasteiger partial charge in [0.2, 0.25) is 0 Å². The van der Waals surface area contributed by atoms with Gasteiger partial charge in [-0.05, 0) is 31.5 Å². The molecule has 0 unspecified atom stereocenters. The van der Waals surface area contributed by atoms with Gasteiger partial charge in [0, 0.05) is 18.0 Å². The molecule has 2 rings (SSSR count). The van der Waals surface area contributed by atoms with E-state index in [0.717, 1.165) is 12.1 Å². The first-order valence-corrected chi connectivity index (χ1v) is 7.35. The van der Waals surface area contributed by atoms with E-state index in [1.807, 2.05) is 12.1 Å². The lowest BCUT2D eigenvalue weighted by Crippen LogP contribution is -2.34. The minimum atomic E-state index is -1.50. The van der Waals surface area contributed by atoms with Crippen molar-refractivity contribution in [3.8, 4) is 5.75 Å². The molecule has 0 saturated heterocycles. The Morgan fingerprint density at radius 1 is 1.25 bits per heavy atom. The number of hydrogen-bond acceptors (Lipinski definition) is 4. The Kier molecular flexibility index (Phi) is 5.46. The standard InChI is InChI=1S/C15H24BNO3/c1-17(13-6-4-3-5-7-13)11-12-8-9-15(20-2)14(10-12)16(18)19/h8-10,13,18-19H,3-7,11H2,1-2H3. The van der Waals surface area contributed by atoms with Crippen LogP contribution in [0.1, 0.15) is 37.7 Å². The van der Waals surface area contributed by atoms with Gasteiger partial charge in [-0.25, -0.2) is 0 Å². The summed E-state index contributed by atoms with van der Waals surface area (Å²) >= 11 is 0. The quantitative estimate of drug-likeness (QED) is 0.792. The summed E-state index contributed by atoms with van der Waals surface area (Å²) in [6.07, 6.45) is 6.52. The molecule has 1 aromatic carbocycles. The number of benzene rings is 1. The summed E-state index contributed by atoms with van der Waals surface area (Å²) in [6, 6.07) is 6.26. The average molecular weight is 277 g/mol. The van der Waals surface area contributed by atoms with Crippen molar-refractivity contribution in [3.63, 3.8) is 0 Å². The minimum Gasteiger partial charge on any atom is -0.497 e. The Hall–Kier alpha value is -1.04. The van der Waals surface area contributed by atoms with Crippen molar-refractivity contribution in [2.75, 3.05) is 14.2 Å². The first-order chi connectivity index (χ1) is 9.61. The summed E-state index contributed by atoms with van der Waals surface area (Å²) < 4.78 is 5.15. The van der Waals surface area contributed by atoms with Gasteiger partial charge in [0.05, 0.1) is 7.11 Å². The maximum atomic E-state index is 9.40. The largest absolute Gasteiger partial charge is 0.497 e. The van der Waals surface area contributed by atoms with Gasteiger partial charge in [0.15, 0.2) is 0 Å². The maximum absolute atomic E-state index is 9.40. The van der Waals surface area contributed by atoms with E-state index < -0.39 is 7.12 Å². The van der Waals surface area contributed by atoms with E-state index >= 15 is 0 Å². The zero-order valence-corrected chi connectivity index (χ0v) is 12.4. The lowest BCUT2D eigenvalue weighted by molar-refractivity contribution is 0.184. The van der Waals surface area contributed by atoms with Crippen molar-refractivity contribution in [3.05, 3.63) is 23.8 Å². The van der Waals surface area contributed by atoms with E-state index in [2.05, 4.69) is 11.9 Å². The Morgan fingerprint density at radius 2 is 1.95 bits per heavy atom. The van der Waals surface area contributed by atoms with Crippen LogP contribution in [-0.2, 0) is 6.54 Å². The van der Waals surface area contributed by atoms with Crippen LogP contribution in [0.3, 0.4) is 0 Å². The average Bonchev–Trinajstić information content (AvgIpc) is 2.48. The molecule has 1 aliphatic carbocycles. The molecule has 1 aliphatic rings. The molecule has 1 fully saturated rings. The summed E-state index contributed by atoms with van der Waals surface area (Å²) in [5, 5.41) is 18.8. The van der Waals surface area contributed by atoms with Crippen LogP contribution in [-0.4, -0.2) is 42.3 Å². The van der Waals surface area contributed by atoms with Crippen molar-refractivity contribution >= 4 is 12.6 Å². The zero-order valence-electron chi connectivity index (χ0n) is 12.4. The molecule has 2 N–H and O–H groups in total. The third kappa shape index (κ3) is 3.75. The number of hydrogen-bond donors (Lipinski definition) is 2. The second kappa shape index (κ2) is 7.11. The highest BCUT2D eigenvalue weighted by Crippen LogP contribution is 2.23. The van der Waals surface area contributed by atoms with Gasteiger partial charge in [0.25, 0.3) is 0 Å². The van der Waals surface area contributed by atoms with Gasteiger partial charge in [-0.2, -0.15) is 0 Å². The highest BCUT2D eigenvalue weighted by molar-refractivity contribution is 6.59. The Bertz CT molecular complexity index is 433. The molecule has 0 aliphatic heterocycles. The fourth-order valence-electron chi connectivity index (χ4n) is 3.02. The number of rotatable bonds is 5. The smallest absolute Gasteiger partial charge is 0.492 e. The molecular weight excluding hydrogens is 253 g/mol. The number of methoxy groups -OCH3 is 1. The van der Waals surface area contributed by atoms with Gasteiger partial charge in [0.1, 0.15) is 5.75 Å². The maximum Gasteiger partial charge on any atom is 0.492 e. The normalized spacial score (nSPS) is 16.4. The van der Waals surface area contributed by atoms with Crippen LogP contribution in [0.5, 0.6) is 5.75 Å². The van der Waals surface area contributed by atoms with Gasteiger partial charge in [-0.1, -0.05) is 31.4 Å². The third-order valence-electron chi connectivity index (χ3n) is 4.20. The minimum absolute atomic E-state index is 0.432. The fourth-order valence-corrected chi connectivity index (χ4v) is 3.02. The first-order valence-electron chi connectivity index (χ1n) is 7.35. The SMILES string of the molecule is COc1ccc(CN(C)C2CCCCC2)cc1B(O)O. The third-order valence-corrected chi connectivity index (χ3v) is 4.20. The predicted molar refractivity (Wildman–Crippen MR) is 81.2 cm³/mol. The van der Waals surface area contributed by atoms with Crippen molar-refractivity contribution in [2.45, 2.75) is 44.7 Å². The van der Waals surface area contributed by atoms with Crippen molar-refractivity contribution in [2.24, 2.45) is 0 Å². The van der Waals surface area contributed by atoms with E-state index in [1.165, 1.54) is 39.2 Å².